The Morgan fingerprint density at radius 3 is 2.26 bits per heavy atom. The van der Waals surface area contributed by atoms with E-state index in [1.807, 2.05) is 0 Å². The van der Waals surface area contributed by atoms with Gasteiger partial charge >= 0.3 is 34.5 Å². The van der Waals surface area contributed by atoms with Crippen molar-refractivity contribution in [1.82, 2.24) is 9.80 Å². The van der Waals surface area contributed by atoms with Crippen LogP contribution in [0.3, 0.4) is 0 Å². The molecule has 4 fully saturated rings. The molecule has 0 saturated carbocycles. The van der Waals surface area contributed by atoms with Crippen molar-refractivity contribution >= 4 is 25.2 Å². The molecule has 4 aliphatic rings. The van der Waals surface area contributed by atoms with E-state index in [0.29, 0.717) is 11.7 Å². The number of ketones is 1. The first kappa shape index (κ1) is 16.1. The summed E-state index contributed by atoms with van der Waals surface area (Å²) in [5.74, 6) is 0.875. The quantitative estimate of drug-likeness (QED) is 0.696. The summed E-state index contributed by atoms with van der Waals surface area (Å²) in [6, 6.07) is 0.186. The van der Waals surface area contributed by atoms with Crippen molar-refractivity contribution in [3.63, 3.8) is 0 Å². The number of rotatable bonds is 2. The Morgan fingerprint density at radius 2 is 1.74 bits per heavy atom. The fourth-order valence-electron chi connectivity index (χ4n) is 3.18. The monoisotopic (exact) mass is 358 g/mol. The van der Waals surface area contributed by atoms with Gasteiger partial charge in [0.15, 0.2) is 5.78 Å². The SMILES string of the molecule is O=C1C2CCN(CC2)C1CN1CCOCC1.[Cl][Zn][Cl]. The summed E-state index contributed by atoms with van der Waals surface area (Å²) in [5.41, 5.74) is 0. The van der Waals surface area contributed by atoms with E-state index in [1.165, 1.54) is 0 Å². The molecule has 0 amide bonds. The molecule has 0 radical (unpaired) electrons. The Bertz CT molecular complexity index is 295. The van der Waals surface area contributed by atoms with Gasteiger partial charge in [0.25, 0.3) is 0 Å². The van der Waals surface area contributed by atoms with Crippen LogP contribution in [0, 0.1) is 5.92 Å². The molecule has 0 aromatic carbocycles. The van der Waals surface area contributed by atoms with Crippen molar-refractivity contribution in [2.75, 3.05) is 45.9 Å². The zero-order chi connectivity index (χ0) is 13.7. The van der Waals surface area contributed by atoms with Crippen LogP contribution in [-0.4, -0.2) is 67.6 Å². The number of nitrogens with zero attached hydrogens (tertiary/aromatic N) is 2. The minimum atomic E-state index is -0.931. The van der Waals surface area contributed by atoms with Gasteiger partial charge in [0.05, 0.1) is 19.3 Å². The molecule has 19 heavy (non-hydrogen) atoms. The summed E-state index contributed by atoms with van der Waals surface area (Å²) in [5, 5.41) is 0. The number of hydrogen-bond acceptors (Lipinski definition) is 4. The van der Waals surface area contributed by atoms with Gasteiger partial charge in [0.1, 0.15) is 0 Å². The summed E-state index contributed by atoms with van der Waals surface area (Å²) in [6.07, 6.45) is 2.19. The average Bonchev–Trinajstić information content (AvgIpc) is 2.45. The number of ether oxygens (including phenoxy) is 1. The van der Waals surface area contributed by atoms with Crippen LogP contribution in [-0.2, 0) is 24.7 Å². The van der Waals surface area contributed by atoms with Gasteiger partial charge in [-0.25, -0.2) is 0 Å². The maximum atomic E-state index is 12.2. The van der Waals surface area contributed by atoms with E-state index in [4.69, 9.17) is 24.1 Å². The zero-order valence-corrected chi connectivity index (χ0v) is 15.7. The number of morpholine rings is 1. The summed E-state index contributed by atoms with van der Waals surface area (Å²) in [6.45, 7) is 6.81. The molecule has 4 saturated heterocycles. The van der Waals surface area contributed by atoms with Crippen molar-refractivity contribution in [3.05, 3.63) is 0 Å². The summed E-state index contributed by atoms with van der Waals surface area (Å²) in [7, 11) is 9.90. The standard InChI is InChI=1S/C12H20N2O2.2ClH.Zn/c15-12-10-1-3-14(4-2-10)11(12)9-13-5-7-16-8-6-13;;;/h10-11H,1-9H2;2*1H;/q;;;+2/p-2. The third-order valence-electron chi connectivity index (χ3n) is 4.24. The molecular formula is C12H20Cl2N2O2Zn. The molecule has 4 aliphatic heterocycles. The van der Waals surface area contributed by atoms with Gasteiger partial charge in [-0.15, -0.1) is 0 Å². The molecule has 0 aromatic heterocycles. The molecule has 1 unspecified atom stereocenters. The van der Waals surface area contributed by atoms with Gasteiger partial charge in [0.2, 0.25) is 0 Å². The predicted octanol–water partition coefficient (Wildman–Crippen LogP) is 1.36. The molecule has 4 nitrogen and oxygen atoms in total. The topological polar surface area (TPSA) is 32.8 Å². The van der Waals surface area contributed by atoms with Crippen LogP contribution >= 0.6 is 19.4 Å². The van der Waals surface area contributed by atoms with Gasteiger partial charge < -0.3 is 4.74 Å². The number of halogens is 2. The van der Waals surface area contributed by atoms with Crippen molar-refractivity contribution in [3.8, 4) is 0 Å². The fourth-order valence-corrected chi connectivity index (χ4v) is 3.18. The maximum absolute atomic E-state index is 12.2. The molecule has 106 valence electrons. The Labute approximate surface area is 130 Å². The number of fused-ring (bicyclic) bond motifs is 3. The number of carbonyl (C=O) groups excluding carboxylic acids is 1. The van der Waals surface area contributed by atoms with E-state index < -0.39 is 15.1 Å². The van der Waals surface area contributed by atoms with Gasteiger partial charge in [0, 0.05) is 25.6 Å². The van der Waals surface area contributed by atoms with Crippen LogP contribution in [0.15, 0.2) is 0 Å². The van der Waals surface area contributed by atoms with Crippen molar-refractivity contribution in [1.29, 1.82) is 0 Å². The van der Waals surface area contributed by atoms with E-state index in [9.17, 15) is 4.79 Å². The Kier molecular flexibility index (Phi) is 7.01. The third kappa shape index (κ3) is 4.36. The first-order valence-electron chi connectivity index (χ1n) is 6.96. The summed E-state index contributed by atoms with van der Waals surface area (Å²) in [4.78, 5) is 16.9. The van der Waals surface area contributed by atoms with Gasteiger partial charge in [-0.05, 0) is 25.9 Å². The predicted molar refractivity (Wildman–Crippen MR) is 72.1 cm³/mol. The molecule has 2 bridgehead atoms. The van der Waals surface area contributed by atoms with Crippen LogP contribution in [0.5, 0.6) is 0 Å². The van der Waals surface area contributed by atoms with Gasteiger partial charge in [-0.3, -0.25) is 14.6 Å². The molecule has 0 spiro atoms. The molecule has 7 heteroatoms. The molecule has 0 aromatic rings. The van der Waals surface area contributed by atoms with E-state index in [-0.39, 0.29) is 6.04 Å². The Balaban J connectivity index is 0.000000408. The van der Waals surface area contributed by atoms with E-state index in [2.05, 4.69) is 9.80 Å². The van der Waals surface area contributed by atoms with Gasteiger partial charge in [-0.2, -0.15) is 0 Å². The number of piperidine rings is 3. The van der Waals surface area contributed by atoms with Crippen LogP contribution in [0.1, 0.15) is 12.8 Å². The van der Waals surface area contributed by atoms with E-state index >= 15 is 0 Å². The van der Waals surface area contributed by atoms with Crippen LogP contribution in [0.2, 0.25) is 0 Å². The number of hydrogen-bond donors (Lipinski definition) is 0. The van der Waals surface area contributed by atoms with Crippen LogP contribution in [0.25, 0.3) is 0 Å². The Hall–Kier alpha value is 0.753. The third-order valence-corrected chi connectivity index (χ3v) is 4.24. The molecule has 0 N–H and O–H groups in total. The average molecular weight is 361 g/mol. The van der Waals surface area contributed by atoms with Crippen molar-refractivity contribution in [2.24, 2.45) is 5.92 Å². The van der Waals surface area contributed by atoms with Crippen LogP contribution in [0.4, 0.5) is 0 Å². The second-order valence-electron chi connectivity index (χ2n) is 5.24. The molecular weight excluding hydrogens is 340 g/mol. The first-order valence-corrected chi connectivity index (χ1v) is 14.8. The van der Waals surface area contributed by atoms with Crippen molar-refractivity contribution in [2.45, 2.75) is 18.9 Å². The fraction of sp³-hybridized carbons (Fsp3) is 0.917. The normalized spacial score (nSPS) is 34.4. The molecule has 4 rings (SSSR count). The molecule has 1 atom stereocenters. The van der Waals surface area contributed by atoms with Crippen molar-refractivity contribution < 1.29 is 24.7 Å². The minimum absolute atomic E-state index is 0.186. The van der Waals surface area contributed by atoms with Gasteiger partial charge in [-0.1, -0.05) is 0 Å². The van der Waals surface area contributed by atoms with E-state index in [0.717, 1.165) is 58.8 Å². The molecule has 4 heterocycles. The number of carbonyl (C=O) groups is 1. The first-order chi connectivity index (χ1) is 9.26. The van der Waals surface area contributed by atoms with E-state index in [1.54, 1.807) is 0 Å². The number of Topliss-reactive ketones (excluding diaryl/α,β-unsaturated/α-hetero) is 1. The second-order valence-corrected chi connectivity index (χ2v) is 9.87. The summed E-state index contributed by atoms with van der Waals surface area (Å²) < 4.78 is 5.34. The summed E-state index contributed by atoms with van der Waals surface area (Å²) >= 11 is -0.931. The van der Waals surface area contributed by atoms with Crippen LogP contribution < -0.4 is 0 Å². The zero-order valence-electron chi connectivity index (χ0n) is 11.2. The molecule has 0 aliphatic carbocycles. The Morgan fingerprint density at radius 1 is 1.16 bits per heavy atom. The second kappa shape index (κ2) is 8.26.